The highest BCUT2D eigenvalue weighted by atomic mass is 32.3. The second-order valence-corrected chi connectivity index (χ2v) is 11.4. The predicted octanol–water partition coefficient (Wildman–Crippen LogP) is 3.04. The number of pyridine rings is 1. The molecular formula is C21H25N5O3S2. The molecule has 1 N–H and O–H groups in total. The number of nitrogens with zero attached hydrogens (tertiary/aromatic N) is 4. The van der Waals surface area contributed by atoms with E-state index in [-0.39, 0.29) is 17.7 Å². The smallest absolute Gasteiger partial charge is 0.229 e. The van der Waals surface area contributed by atoms with Gasteiger partial charge in [0.1, 0.15) is 5.82 Å². The lowest BCUT2D eigenvalue weighted by atomic mass is 9.92. The number of sulfonamides is 1. The Hall–Kier alpha value is -2.14. The van der Waals surface area contributed by atoms with E-state index >= 15 is 0 Å². The van der Waals surface area contributed by atoms with E-state index in [9.17, 15) is 13.6 Å². The van der Waals surface area contributed by atoms with Crippen molar-refractivity contribution in [3.63, 3.8) is 0 Å². The van der Waals surface area contributed by atoms with Crippen LogP contribution in [0.4, 0.5) is 0 Å². The van der Waals surface area contributed by atoms with E-state index in [2.05, 4.69) is 9.97 Å². The van der Waals surface area contributed by atoms with Crippen LogP contribution in [0.3, 0.4) is 0 Å². The number of hydrogen-bond acceptors (Lipinski definition) is 6. The van der Waals surface area contributed by atoms with Gasteiger partial charge in [0, 0.05) is 50.3 Å². The third kappa shape index (κ3) is 4.05. The first kappa shape index (κ1) is 20.7. The molecule has 164 valence electrons. The summed E-state index contributed by atoms with van der Waals surface area (Å²) in [5.74, 6) is 1.13. The number of carbonyl (C=O) groups excluding carboxylic acids is 1. The minimum absolute atomic E-state index is 0.117. The van der Waals surface area contributed by atoms with Crippen LogP contribution in [0.2, 0.25) is 0 Å². The van der Waals surface area contributed by atoms with Crippen molar-refractivity contribution in [2.24, 2.45) is 5.92 Å². The summed E-state index contributed by atoms with van der Waals surface area (Å²) in [6.07, 6.45) is 6.58. The molecule has 2 unspecified atom stereocenters. The maximum atomic E-state index is 13.2. The molecule has 0 spiro atoms. The van der Waals surface area contributed by atoms with Crippen molar-refractivity contribution in [2.45, 2.75) is 35.8 Å². The molecule has 2 saturated heterocycles. The number of hydrogen-bond donors (Lipinski definition) is 1. The van der Waals surface area contributed by atoms with Gasteiger partial charge in [0.25, 0.3) is 0 Å². The van der Waals surface area contributed by atoms with Gasteiger partial charge in [-0.1, -0.05) is 15.5 Å². The van der Waals surface area contributed by atoms with Crippen LogP contribution < -0.4 is 0 Å². The molecule has 3 aromatic rings. The first-order chi connectivity index (χ1) is 15.0. The lowest BCUT2D eigenvalue weighted by molar-refractivity contribution is -0.138. The van der Waals surface area contributed by atoms with Crippen molar-refractivity contribution in [2.75, 3.05) is 26.2 Å². The number of aromatic nitrogens is 3. The summed E-state index contributed by atoms with van der Waals surface area (Å²) in [4.78, 5) is 27.3. The second-order valence-electron chi connectivity index (χ2n) is 8.25. The Morgan fingerprint density at radius 1 is 1.23 bits per heavy atom. The largest absolute Gasteiger partial charge is 0.592 e. The number of piperidine rings is 2. The van der Waals surface area contributed by atoms with Crippen LogP contribution in [-0.2, 0) is 19.4 Å². The molecule has 31 heavy (non-hydrogen) atoms. The zero-order valence-electron chi connectivity index (χ0n) is 17.1. The van der Waals surface area contributed by atoms with Crippen molar-refractivity contribution in [1.82, 2.24) is 24.2 Å². The van der Waals surface area contributed by atoms with Crippen LogP contribution >= 0.6 is 11.3 Å². The number of likely N-dealkylation sites (tertiary alicyclic amines) is 1. The van der Waals surface area contributed by atoms with Crippen LogP contribution in [0, 0.1) is 5.92 Å². The van der Waals surface area contributed by atoms with Crippen molar-refractivity contribution in [1.29, 1.82) is 0 Å². The van der Waals surface area contributed by atoms with Gasteiger partial charge in [-0.05, 0) is 43.2 Å². The third-order valence-electron chi connectivity index (χ3n) is 6.31. The van der Waals surface area contributed by atoms with Gasteiger partial charge in [0.15, 0.2) is 10.4 Å². The van der Waals surface area contributed by atoms with E-state index in [0.717, 1.165) is 36.2 Å². The normalized spacial score (nSPS) is 23.1. The summed E-state index contributed by atoms with van der Waals surface area (Å²) in [6.45, 7) is 2.19. The van der Waals surface area contributed by atoms with Crippen molar-refractivity contribution < 1.29 is 13.6 Å². The fourth-order valence-electron chi connectivity index (χ4n) is 4.61. The lowest BCUT2D eigenvalue weighted by Crippen LogP contribution is -2.48. The summed E-state index contributed by atoms with van der Waals surface area (Å²) in [5, 5.41) is 1.77. The number of nitrogens with one attached hydrogen (secondary N) is 1. The van der Waals surface area contributed by atoms with Gasteiger partial charge in [-0.15, -0.1) is 4.31 Å². The van der Waals surface area contributed by atoms with Crippen LogP contribution in [0.1, 0.15) is 37.4 Å². The van der Waals surface area contributed by atoms with Crippen molar-refractivity contribution in [3.8, 4) is 0 Å². The van der Waals surface area contributed by atoms with Gasteiger partial charge >= 0.3 is 0 Å². The van der Waals surface area contributed by atoms with Gasteiger partial charge in [0.05, 0.1) is 17.2 Å². The van der Waals surface area contributed by atoms with Gasteiger partial charge < -0.3 is 14.4 Å². The highest BCUT2D eigenvalue weighted by Gasteiger charge is 2.38. The summed E-state index contributed by atoms with van der Waals surface area (Å²) in [7, 11) is -3.44. The molecule has 5 heterocycles. The average molecular weight is 460 g/mol. The Balaban J connectivity index is 1.22. The number of carbonyl (C=O) groups is 1. The van der Waals surface area contributed by atoms with Crippen LogP contribution in [0.5, 0.6) is 0 Å². The Morgan fingerprint density at radius 2 is 2.06 bits per heavy atom. The SMILES string of the molecule is O=C(C1CCN([S+](=O)([O-])c2cccs2)CC1)N1CCCC(c2nc3ccncc3[nH]2)C1. The minimum Gasteiger partial charge on any atom is -0.592 e. The topological polar surface area (TPSA) is 105 Å². The maximum Gasteiger partial charge on any atom is 0.229 e. The molecule has 2 aliphatic rings. The van der Waals surface area contributed by atoms with Crippen LogP contribution in [-0.4, -0.2) is 60.8 Å². The molecule has 0 bridgehead atoms. The number of imidazole rings is 1. The summed E-state index contributed by atoms with van der Waals surface area (Å²) >= 11 is 1.24. The van der Waals surface area contributed by atoms with Gasteiger partial charge in [0.2, 0.25) is 10.1 Å². The Kier molecular flexibility index (Phi) is 5.63. The first-order valence-corrected chi connectivity index (χ1v) is 13.0. The molecule has 10 heteroatoms. The molecule has 5 rings (SSSR count). The Bertz CT molecular complexity index is 1070. The molecule has 2 fully saturated rings. The Morgan fingerprint density at radius 3 is 2.81 bits per heavy atom. The fraction of sp³-hybridized carbons (Fsp3) is 0.476. The summed E-state index contributed by atoms with van der Waals surface area (Å²) < 4.78 is 27.3. The highest BCUT2D eigenvalue weighted by molar-refractivity contribution is 7.97. The van der Waals surface area contributed by atoms with E-state index in [1.54, 1.807) is 29.9 Å². The number of amides is 1. The molecule has 0 aliphatic carbocycles. The molecule has 2 atom stereocenters. The zero-order valence-corrected chi connectivity index (χ0v) is 18.7. The number of thiophene rings is 1. The van der Waals surface area contributed by atoms with E-state index in [1.807, 2.05) is 11.0 Å². The fourth-order valence-corrected chi connectivity index (χ4v) is 7.22. The highest BCUT2D eigenvalue weighted by Crippen LogP contribution is 2.32. The monoisotopic (exact) mass is 459 g/mol. The minimum atomic E-state index is -3.44. The Labute approximate surface area is 186 Å². The van der Waals surface area contributed by atoms with Crippen molar-refractivity contribution in [3.05, 3.63) is 41.8 Å². The standard InChI is InChI=1S/C21H25N5O3S2/c27-21(15-6-10-26(11-7-15)31(28,29)19-4-2-12-30-19)25-9-1-3-16(14-25)20-23-17-5-8-22-13-18(17)24-20/h2,4-5,8,12-13,15-16H,1,3,6-7,9-11,14H2,(H-,22,23,24,28,29). The zero-order chi connectivity index (χ0) is 21.4. The van der Waals surface area contributed by atoms with Crippen LogP contribution in [0.25, 0.3) is 11.0 Å². The van der Waals surface area contributed by atoms with Crippen molar-refractivity contribution >= 4 is 38.7 Å². The second kappa shape index (κ2) is 8.42. The van der Waals surface area contributed by atoms with Crippen LogP contribution in [0.15, 0.2) is 40.2 Å². The molecule has 2 aliphatic heterocycles. The van der Waals surface area contributed by atoms with E-state index in [0.29, 0.717) is 36.7 Å². The molecule has 0 saturated carbocycles. The van der Waals surface area contributed by atoms with E-state index in [4.69, 9.17) is 4.98 Å². The maximum absolute atomic E-state index is 13.2. The van der Waals surface area contributed by atoms with Gasteiger partial charge in [-0.25, -0.2) is 4.98 Å². The molecule has 3 aromatic heterocycles. The average Bonchev–Trinajstić information content (AvgIpc) is 3.49. The molecule has 8 nitrogen and oxygen atoms in total. The third-order valence-corrected chi connectivity index (χ3v) is 9.59. The van der Waals surface area contributed by atoms with Gasteiger partial charge in [-0.2, -0.15) is 0 Å². The number of fused-ring (bicyclic) bond motifs is 1. The van der Waals surface area contributed by atoms with E-state index in [1.165, 1.54) is 15.6 Å². The van der Waals surface area contributed by atoms with Gasteiger partial charge in [-0.3, -0.25) is 9.78 Å². The summed E-state index contributed by atoms with van der Waals surface area (Å²) in [6, 6.07) is 5.28. The molecular weight excluding hydrogens is 434 g/mol. The predicted molar refractivity (Wildman–Crippen MR) is 118 cm³/mol. The first-order valence-electron chi connectivity index (χ1n) is 10.6. The lowest BCUT2D eigenvalue weighted by Gasteiger charge is -2.37. The summed E-state index contributed by atoms with van der Waals surface area (Å²) in [5.41, 5.74) is 1.81. The molecule has 0 aromatic carbocycles. The number of aromatic amines is 1. The molecule has 0 radical (unpaired) electrons. The number of rotatable bonds is 4. The molecule has 1 amide bonds. The number of H-pyrrole nitrogens is 1. The van der Waals surface area contributed by atoms with E-state index < -0.39 is 10.4 Å². The quantitative estimate of drug-likeness (QED) is 0.604.